The number of aromatic amines is 1. The summed E-state index contributed by atoms with van der Waals surface area (Å²) in [7, 11) is 1.49. The molecule has 1 radical (unpaired) electrons. The van der Waals surface area contributed by atoms with E-state index in [2.05, 4.69) is 4.98 Å². The largest absolute Gasteiger partial charge is 0.459 e. The molecular formula is C16H22BN2O7. The standard InChI is InChI=1S/C16H22BN2O7/c1-9-7-19(16(23)18-15(9)22)13-6-11(12(25-13)8-24-17-3)26-14(21)5-4-10(2)20/h7,11-13H,4-6,8H2,1-3H3,(H,18,22,23)/t11-,12?,13-/m1/s1. The van der Waals surface area contributed by atoms with Crippen LogP contribution in [0.3, 0.4) is 0 Å². The highest BCUT2D eigenvalue weighted by Crippen LogP contribution is 2.30. The summed E-state index contributed by atoms with van der Waals surface area (Å²) in [6, 6.07) is 0. The molecule has 1 saturated heterocycles. The molecule has 0 spiro atoms. The van der Waals surface area contributed by atoms with E-state index in [9.17, 15) is 19.2 Å². The molecule has 0 aliphatic carbocycles. The minimum atomic E-state index is -0.700. The first-order chi connectivity index (χ1) is 12.3. The number of rotatable bonds is 8. The zero-order chi connectivity index (χ0) is 19.3. The van der Waals surface area contributed by atoms with Gasteiger partial charge in [0.25, 0.3) is 13.0 Å². The molecule has 2 rings (SSSR count). The zero-order valence-corrected chi connectivity index (χ0v) is 15.0. The summed E-state index contributed by atoms with van der Waals surface area (Å²) in [6.45, 7) is 4.83. The van der Waals surface area contributed by atoms with Crippen molar-refractivity contribution in [1.82, 2.24) is 9.55 Å². The first-order valence-corrected chi connectivity index (χ1v) is 8.37. The van der Waals surface area contributed by atoms with Gasteiger partial charge in [0.1, 0.15) is 24.2 Å². The third kappa shape index (κ3) is 5.15. The number of ketones is 1. The van der Waals surface area contributed by atoms with Crippen LogP contribution in [0.1, 0.15) is 38.0 Å². The van der Waals surface area contributed by atoms with Crippen LogP contribution in [-0.2, 0) is 23.7 Å². The Morgan fingerprint density at radius 3 is 2.77 bits per heavy atom. The number of carbonyl (C=O) groups excluding carboxylic acids is 2. The Bertz CT molecular complexity index is 773. The molecule has 2 heterocycles. The molecule has 0 amide bonds. The molecule has 141 valence electrons. The Balaban J connectivity index is 2.13. The molecule has 26 heavy (non-hydrogen) atoms. The number of hydrogen-bond acceptors (Lipinski definition) is 7. The molecule has 0 aromatic carbocycles. The predicted octanol–water partition coefficient (Wildman–Crippen LogP) is 0.0974. The number of Topliss-reactive ketones (excluding diaryl/α,β-unsaturated/α-hetero) is 1. The number of aryl methyl sites for hydroxylation is 1. The lowest BCUT2D eigenvalue weighted by Gasteiger charge is -2.18. The highest BCUT2D eigenvalue weighted by molar-refractivity contribution is 6.24. The van der Waals surface area contributed by atoms with E-state index < -0.39 is 35.7 Å². The van der Waals surface area contributed by atoms with Gasteiger partial charge >= 0.3 is 11.7 Å². The van der Waals surface area contributed by atoms with Crippen LogP contribution in [0.15, 0.2) is 15.8 Å². The van der Waals surface area contributed by atoms with Gasteiger partial charge in [-0.05, 0) is 13.8 Å². The quantitative estimate of drug-likeness (QED) is 0.513. The second kappa shape index (κ2) is 8.95. The second-order valence-corrected chi connectivity index (χ2v) is 6.14. The van der Waals surface area contributed by atoms with Gasteiger partial charge in [-0.2, -0.15) is 0 Å². The van der Waals surface area contributed by atoms with Crippen LogP contribution < -0.4 is 11.2 Å². The maximum Gasteiger partial charge on any atom is 0.330 e. The fourth-order valence-corrected chi connectivity index (χ4v) is 2.64. The summed E-state index contributed by atoms with van der Waals surface area (Å²) in [5.74, 6) is -0.608. The van der Waals surface area contributed by atoms with Gasteiger partial charge in [-0.1, -0.05) is 6.82 Å². The van der Waals surface area contributed by atoms with Gasteiger partial charge < -0.3 is 18.9 Å². The number of carbonyl (C=O) groups is 2. The molecule has 1 aromatic rings. The highest BCUT2D eigenvalue weighted by Gasteiger charge is 2.39. The number of aromatic nitrogens is 2. The first kappa shape index (κ1) is 20.1. The van der Waals surface area contributed by atoms with Gasteiger partial charge in [0.2, 0.25) is 0 Å². The molecule has 10 heteroatoms. The molecular weight excluding hydrogens is 343 g/mol. The van der Waals surface area contributed by atoms with Crippen LogP contribution in [0.4, 0.5) is 0 Å². The minimum absolute atomic E-state index is 0.0122. The number of esters is 1. The van der Waals surface area contributed by atoms with Crippen molar-refractivity contribution in [1.29, 1.82) is 0 Å². The molecule has 1 unspecified atom stereocenters. The van der Waals surface area contributed by atoms with Gasteiger partial charge in [0, 0.05) is 24.6 Å². The highest BCUT2D eigenvalue weighted by atomic mass is 16.6. The summed E-state index contributed by atoms with van der Waals surface area (Å²) in [4.78, 5) is 48.7. The van der Waals surface area contributed by atoms with Crippen molar-refractivity contribution >= 4 is 19.2 Å². The molecule has 1 aromatic heterocycles. The van der Waals surface area contributed by atoms with E-state index in [4.69, 9.17) is 14.1 Å². The first-order valence-electron chi connectivity index (χ1n) is 8.37. The molecule has 0 bridgehead atoms. The molecule has 1 N–H and O–H groups in total. The van der Waals surface area contributed by atoms with E-state index in [1.165, 1.54) is 25.2 Å². The lowest BCUT2D eigenvalue weighted by molar-refractivity contribution is -0.153. The lowest BCUT2D eigenvalue weighted by atomic mass is 10.1. The Kier molecular flexibility index (Phi) is 6.93. The average molecular weight is 365 g/mol. The number of ether oxygens (including phenoxy) is 2. The predicted molar refractivity (Wildman–Crippen MR) is 92.0 cm³/mol. The van der Waals surface area contributed by atoms with Gasteiger partial charge in [-0.15, -0.1) is 0 Å². The maximum atomic E-state index is 12.1. The average Bonchev–Trinajstić information content (AvgIpc) is 2.96. The van der Waals surface area contributed by atoms with Crippen molar-refractivity contribution in [2.75, 3.05) is 6.61 Å². The molecule has 1 fully saturated rings. The Morgan fingerprint density at radius 2 is 2.12 bits per heavy atom. The van der Waals surface area contributed by atoms with Gasteiger partial charge in [0.15, 0.2) is 0 Å². The number of nitrogens with zero attached hydrogens (tertiary/aromatic N) is 1. The number of nitrogens with one attached hydrogen (secondary N) is 1. The summed E-state index contributed by atoms with van der Waals surface area (Å²) in [5.41, 5.74) is -0.697. The van der Waals surface area contributed by atoms with Crippen LogP contribution >= 0.6 is 0 Å². The monoisotopic (exact) mass is 365 g/mol. The molecule has 9 nitrogen and oxygen atoms in total. The van der Waals surface area contributed by atoms with Crippen molar-refractivity contribution < 1.29 is 23.7 Å². The number of hydrogen-bond donors (Lipinski definition) is 1. The third-order valence-electron chi connectivity index (χ3n) is 4.03. The summed E-state index contributed by atoms with van der Waals surface area (Å²) in [6.07, 6.45) is -0.158. The van der Waals surface area contributed by atoms with Crippen LogP contribution in [0.25, 0.3) is 0 Å². The van der Waals surface area contributed by atoms with Crippen LogP contribution in [0, 0.1) is 6.92 Å². The summed E-state index contributed by atoms with van der Waals surface area (Å²) >= 11 is 0. The molecule has 0 saturated carbocycles. The van der Waals surface area contributed by atoms with Crippen molar-refractivity contribution in [2.24, 2.45) is 0 Å². The van der Waals surface area contributed by atoms with Gasteiger partial charge in [0.05, 0.1) is 13.0 Å². The van der Waals surface area contributed by atoms with Gasteiger partial charge in [-0.3, -0.25) is 19.1 Å². The molecule has 1 aliphatic rings. The Hall–Kier alpha value is -2.20. The normalized spacial score (nSPS) is 22.2. The van der Waals surface area contributed by atoms with E-state index in [0.717, 1.165) is 0 Å². The summed E-state index contributed by atoms with van der Waals surface area (Å²) in [5, 5.41) is 0. The molecule has 1 aliphatic heterocycles. The van der Waals surface area contributed by atoms with Crippen molar-refractivity contribution in [2.45, 2.75) is 58.4 Å². The van der Waals surface area contributed by atoms with Crippen molar-refractivity contribution in [3.05, 3.63) is 32.6 Å². The van der Waals surface area contributed by atoms with Crippen LogP contribution in [-0.4, -0.2) is 47.6 Å². The SMILES string of the molecule is C[B]OCC1O[C@@H](n2cc(C)c(=O)[nH]c2=O)C[C@H]1OC(=O)CCC(C)=O. The van der Waals surface area contributed by atoms with Crippen LogP contribution in [0.5, 0.6) is 0 Å². The van der Waals surface area contributed by atoms with E-state index in [1.54, 1.807) is 13.7 Å². The fraction of sp³-hybridized carbons (Fsp3) is 0.625. The third-order valence-corrected chi connectivity index (χ3v) is 4.03. The number of H-pyrrole nitrogens is 1. The fourth-order valence-electron chi connectivity index (χ4n) is 2.64. The van der Waals surface area contributed by atoms with Crippen LogP contribution in [0.2, 0.25) is 6.82 Å². The van der Waals surface area contributed by atoms with E-state index in [1.807, 2.05) is 0 Å². The topological polar surface area (TPSA) is 117 Å². The Labute approximate surface area is 150 Å². The van der Waals surface area contributed by atoms with E-state index in [0.29, 0.717) is 5.56 Å². The Morgan fingerprint density at radius 1 is 1.38 bits per heavy atom. The van der Waals surface area contributed by atoms with Crippen molar-refractivity contribution in [3.63, 3.8) is 0 Å². The van der Waals surface area contributed by atoms with Crippen molar-refractivity contribution in [3.8, 4) is 0 Å². The summed E-state index contributed by atoms with van der Waals surface area (Å²) < 4.78 is 17.7. The maximum absolute atomic E-state index is 12.1. The van der Waals surface area contributed by atoms with E-state index in [-0.39, 0.29) is 31.7 Å². The lowest BCUT2D eigenvalue weighted by Crippen LogP contribution is -2.33. The minimum Gasteiger partial charge on any atom is -0.459 e. The second-order valence-electron chi connectivity index (χ2n) is 6.14. The smallest absolute Gasteiger partial charge is 0.330 e. The van der Waals surface area contributed by atoms with E-state index >= 15 is 0 Å². The molecule has 3 atom stereocenters. The zero-order valence-electron chi connectivity index (χ0n) is 15.0. The van der Waals surface area contributed by atoms with Gasteiger partial charge in [-0.25, -0.2) is 4.79 Å².